The number of nitrogens with zero attached hydrogens (tertiary/aromatic N) is 2. The fourth-order valence-electron chi connectivity index (χ4n) is 4.05. The Bertz CT molecular complexity index is 1250. The van der Waals surface area contributed by atoms with Crippen LogP contribution in [0.3, 0.4) is 0 Å². The number of imide groups is 1. The molecule has 0 saturated heterocycles. The van der Waals surface area contributed by atoms with Gasteiger partial charge in [0.1, 0.15) is 5.75 Å². The van der Waals surface area contributed by atoms with Gasteiger partial charge in [-0.1, -0.05) is 24.3 Å². The monoisotopic (exact) mass is 473 g/mol. The van der Waals surface area contributed by atoms with Crippen LogP contribution in [-0.4, -0.2) is 48.3 Å². The van der Waals surface area contributed by atoms with Crippen molar-refractivity contribution in [3.63, 3.8) is 0 Å². The first kappa shape index (κ1) is 23.9. The molecule has 3 aromatic carbocycles. The van der Waals surface area contributed by atoms with Crippen molar-refractivity contribution in [1.82, 2.24) is 10.2 Å². The van der Waals surface area contributed by atoms with E-state index in [1.54, 1.807) is 55.6 Å². The molecule has 8 heteroatoms. The zero-order valence-electron chi connectivity index (χ0n) is 19.9. The Balaban J connectivity index is 1.32. The van der Waals surface area contributed by atoms with Crippen LogP contribution < -0.4 is 15.0 Å². The Morgan fingerprint density at radius 1 is 0.943 bits per heavy atom. The van der Waals surface area contributed by atoms with Crippen LogP contribution in [0, 0.1) is 0 Å². The van der Waals surface area contributed by atoms with Gasteiger partial charge in [0.2, 0.25) is 0 Å². The van der Waals surface area contributed by atoms with E-state index in [9.17, 15) is 19.2 Å². The summed E-state index contributed by atoms with van der Waals surface area (Å²) in [5, 5.41) is 4.33. The summed E-state index contributed by atoms with van der Waals surface area (Å²) in [6.45, 7) is 3.88. The predicted octanol–water partition coefficient (Wildman–Crippen LogP) is 4.38. The molecule has 1 N–H and O–H groups in total. The second-order valence-electron chi connectivity index (χ2n) is 8.71. The first-order valence-electron chi connectivity index (χ1n) is 11.5. The van der Waals surface area contributed by atoms with E-state index in [4.69, 9.17) is 4.74 Å². The van der Waals surface area contributed by atoms with E-state index in [1.807, 2.05) is 26.0 Å². The molecular formula is C27H27N3O5. The SMILES string of the molecule is CC(C)NC(=O)N(C)c1ccc(OC(=O)CCCN2C(=O)c3cccc4cccc(c34)C2=O)cc1. The van der Waals surface area contributed by atoms with Gasteiger partial charge in [-0.15, -0.1) is 0 Å². The average Bonchev–Trinajstić information content (AvgIpc) is 2.84. The van der Waals surface area contributed by atoms with Crippen molar-refractivity contribution in [2.24, 2.45) is 0 Å². The van der Waals surface area contributed by atoms with Gasteiger partial charge in [0.05, 0.1) is 0 Å². The van der Waals surface area contributed by atoms with Gasteiger partial charge in [0, 0.05) is 48.3 Å². The van der Waals surface area contributed by atoms with Gasteiger partial charge in [0.25, 0.3) is 11.8 Å². The lowest BCUT2D eigenvalue weighted by Gasteiger charge is -2.27. The van der Waals surface area contributed by atoms with Crippen LogP contribution in [0.4, 0.5) is 10.5 Å². The Hall–Kier alpha value is -4.20. The molecule has 0 spiro atoms. The normalized spacial score (nSPS) is 12.7. The summed E-state index contributed by atoms with van der Waals surface area (Å²) in [7, 11) is 1.65. The molecule has 1 aliphatic heterocycles. The summed E-state index contributed by atoms with van der Waals surface area (Å²) >= 11 is 0. The number of carbonyl (C=O) groups excluding carboxylic acids is 4. The van der Waals surface area contributed by atoms with Crippen LogP contribution in [0.25, 0.3) is 10.8 Å². The minimum Gasteiger partial charge on any atom is -0.427 e. The van der Waals surface area contributed by atoms with Crippen LogP contribution in [0.2, 0.25) is 0 Å². The standard InChI is InChI=1S/C27H27N3O5/c1-17(2)28-27(34)29(3)19-12-14-20(15-13-19)35-23(31)11-6-16-30-25(32)21-9-4-7-18-8-5-10-22(24(18)21)26(30)33/h4-5,7-10,12-15,17H,6,11,16H2,1-3H3,(H,28,34). The highest BCUT2D eigenvalue weighted by atomic mass is 16.5. The second kappa shape index (κ2) is 9.97. The lowest BCUT2D eigenvalue weighted by molar-refractivity contribution is -0.134. The third-order valence-corrected chi connectivity index (χ3v) is 5.79. The second-order valence-corrected chi connectivity index (χ2v) is 8.71. The summed E-state index contributed by atoms with van der Waals surface area (Å²) in [4.78, 5) is 53.0. The van der Waals surface area contributed by atoms with E-state index < -0.39 is 5.97 Å². The summed E-state index contributed by atoms with van der Waals surface area (Å²) in [5.74, 6) is -0.826. The largest absolute Gasteiger partial charge is 0.427 e. The highest BCUT2D eigenvalue weighted by molar-refractivity contribution is 6.25. The number of ether oxygens (including phenoxy) is 1. The maximum absolute atomic E-state index is 12.9. The molecule has 180 valence electrons. The summed E-state index contributed by atoms with van der Waals surface area (Å²) in [6.07, 6.45) is 0.325. The fourth-order valence-corrected chi connectivity index (χ4v) is 4.05. The number of nitrogens with one attached hydrogen (secondary N) is 1. The maximum Gasteiger partial charge on any atom is 0.321 e. The summed E-state index contributed by atoms with van der Waals surface area (Å²) < 4.78 is 5.37. The number of benzene rings is 3. The molecule has 35 heavy (non-hydrogen) atoms. The third-order valence-electron chi connectivity index (χ3n) is 5.79. The number of hydrogen-bond donors (Lipinski definition) is 1. The molecule has 1 heterocycles. The van der Waals surface area contributed by atoms with E-state index in [1.165, 1.54) is 9.80 Å². The van der Waals surface area contributed by atoms with Crippen molar-refractivity contribution in [3.05, 3.63) is 71.8 Å². The zero-order chi connectivity index (χ0) is 25.1. The van der Waals surface area contributed by atoms with Gasteiger partial charge < -0.3 is 10.1 Å². The van der Waals surface area contributed by atoms with Gasteiger partial charge in [-0.2, -0.15) is 0 Å². The van der Waals surface area contributed by atoms with Crippen molar-refractivity contribution in [2.45, 2.75) is 32.7 Å². The number of carbonyl (C=O) groups is 4. The highest BCUT2D eigenvalue weighted by Gasteiger charge is 2.32. The fraction of sp³-hybridized carbons (Fsp3) is 0.259. The lowest BCUT2D eigenvalue weighted by Crippen LogP contribution is -2.41. The first-order valence-corrected chi connectivity index (χ1v) is 11.5. The molecule has 0 aliphatic carbocycles. The molecule has 0 unspecified atom stereocenters. The number of rotatable bonds is 7. The Kier molecular flexibility index (Phi) is 6.82. The van der Waals surface area contributed by atoms with Gasteiger partial charge in [-0.25, -0.2) is 4.79 Å². The molecule has 1 aliphatic rings. The number of hydrogen-bond acceptors (Lipinski definition) is 5. The summed E-state index contributed by atoms with van der Waals surface area (Å²) in [5.41, 5.74) is 1.64. The van der Waals surface area contributed by atoms with Crippen molar-refractivity contribution in [2.75, 3.05) is 18.5 Å². The smallest absolute Gasteiger partial charge is 0.321 e. The van der Waals surface area contributed by atoms with Gasteiger partial charge in [-0.3, -0.25) is 24.2 Å². The van der Waals surface area contributed by atoms with E-state index in [-0.39, 0.29) is 43.3 Å². The molecule has 4 amide bonds. The number of amides is 4. The van der Waals surface area contributed by atoms with Gasteiger partial charge in [-0.05, 0) is 62.1 Å². The van der Waals surface area contributed by atoms with Crippen molar-refractivity contribution < 1.29 is 23.9 Å². The maximum atomic E-state index is 12.9. The predicted molar refractivity (Wildman–Crippen MR) is 133 cm³/mol. The number of esters is 1. The third kappa shape index (κ3) is 5.01. The minimum atomic E-state index is -0.469. The Labute approximate surface area is 203 Å². The molecular weight excluding hydrogens is 446 g/mol. The molecule has 0 aromatic heterocycles. The molecule has 0 radical (unpaired) electrons. The molecule has 0 bridgehead atoms. The molecule has 4 rings (SSSR count). The first-order chi connectivity index (χ1) is 16.8. The summed E-state index contributed by atoms with van der Waals surface area (Å²) in [6, 6.07) is 17.2. The number of anilines is 1. The minimum absolute atomic E-state index is 0.0177. The molecule has 0 atom stereocenters. The van der Waals surface area contributed by atoms with Crippen molar-refractivity contribution in [1.29, 1.82) is 0 Å². The topological polar surface area (TPSA) is 96.0 Å². The van der Waals surface area contributed by atoms with E-state index in [0.29, 0.717) is 28.0 Å². The van der Waals surface area contributed by atoms with Crippen LogP contribution in [0.1, 0.15) is 47.4 Å². The Morgan fingerprint density at radius 3 is 2.11 bits per heavy atom. The van der Waals surface area contributed by atoms with E-state index >= 15 is 0 Å². The van der Waals surface area contributed by atoms with Crippen LogP contribution in [0.15, 0.2) is 60.7 Å². The molecule has 3 aromatic rings. The Morgan fingerprint density at radius 2 is 1.54 bits per heavy atom. The van der Waals surface area contributed by atoms with Crippen molar-refractivity contribution in [3.8, 4) is 5.75 Å². The van der Waals surface area contributed by atoms with E-state index in [0.717, 1.165) is 5.39 Å². The van der Waals surface area contributed by atoms with E-state index in [2.05, 4.69) is 5.32 Å². The molecule has 8 nitrogen and oxygen atoms in total. The highest BCUT2D eigenvalue weighted by Crippen LogP contribution is 2.30. The molecule has 0 saturated carbocycles. The van der Waals surface area contributed by atoms with Gasteiger partial charge in [0.15, 0.2) is 0 Å². The average molecular weight is 474 g/mol. The van der Waals surface area contributed by atoms with Crippen LogP contribution in [-0.2, 0) is 4.79 Å². The van der Waals surface area contributed by atoms with Crippen LogP contribution >= 0.6 is 0 Å². The lowest BCUT2D eigenvalue weighted by atomic mass is 9.94. The van der Waals surface area contributed by atoms with Crippen LogP contribution in [0.5, 0.6) is 5.75 Å². The van der Waals surface area contributed by atoms with Crippen molar-refractivity contribution >= 4 is 40.3 Å². The zero-order valence-corrected chi connectivity index (χ0v) is 19.9. The molecule has 0 fully saturated rings. The quantitative estimate of drug-likeness (QED) is 0.312. The van der Waals surface area contributed by atoms with Gasteiger partial charge >= 0.3 is 12.0 Å². The number of urea groups is 1.